The van der Waals surface area contributed by atoms with Crippen LogP contribution in [0.3, 0.4) is 0 Å². The molecule has 0 unspecified atom stereocenters. The minimum Gasteiger partial charge on any atom is -0.373 e. The van der Waals surface area contributed by atoms with E-state index in [4.69, 9.17) is 4.74 Å². The van der Waals surface area contributed by atoms with E-state index in [0.29, 0.717) is 11.5 Å². The third-order valence-electron chi connectivity index (χ3n) is 5.24. The van der Waals surface area contributed by atoms with Gasteiger partial charge in [0.15, 0.2) is 0 Å². The highest BCUT2D eigenvalue weighted by atomic mass is 16.5. The minimum atomic E-state index is 0.00327. The Bertz CT molecular complexity index is 341. The summed E-state index contributed by atoms with van der Waals surface area (Å²) in [6.07, 6.45) is 10.3. The summed E-state index contributed by atoms with van der Waals surface area (Å²) in [4.78, 5) is 12.0. The lowest BCUT2D eigenvalue weighted by Crippen LogP contribution is -2.50. The van der Waals surface area contributed by atoms with Crippen LogP contribution in [0.25, 0.3) is 0 Å². The summed E-state index contributed by atoms with van der Waals surface area (Å²) >= 11 is 0. The summed E-state index contributed by atoms with van der Waals surface area (Å²) in [5.41, 5.74) is 0.400. The van der Waals surface area contributed by atoms with Gasteiger partial charge in [-0.3, -0.25) is 0 Å². The molecule has 0 aromatic rings. The molecule has 3 rings (SSSR count). The number of carbonyl (C=O) groups excluding carboxylic acids is 1. The van der Waals surface area contributed by atoms with Gasteiger partial charge >= 0.3 is 6.03 Å². The molecule has 4 nitrogen and oxygen atoms in total. The van der Waals surface area contributed by atoms with Gasteiger partial charge < -0.3 is 15.4 Å². The van der Waals surface area contributed by atoms with Crippen molar-refractivity contribution in [2.24, 2.45) is 5.41 Å². The first kappa shape index (κ1) is 13.2. The monoisotopic (exact) mass is 266 g/mol. The number of amides is 2. The first-order valence-corrected chi connectivity index (χ1v) is 7.91. The van der Waals surface area contributed by atoms with Crippen molar-refractivity contribution in [1.29, 1.82) is 0 Å². The van der Waals surface area contributed by atoms with E-state index in [1.54, 1.807) is 0 Å². The van der Waals surface area contributed by atoms with Crippen molar-refractivity contribution < 1.29 is 9.53 Å². The standard InChI is InChI=1S/C15H26N2O2/c1-2-6-15(7-3-8-15)10-16-14(18)17-12-9-11-4-5-13(12)19-11/h11-13H,2-10H2,1H3,(H2,16,17,18)/t11-,12+,13-/m1/s1. The van der Waals surface area contributed by atoms with E-state index in [2.05, 4.69) is 17.6 Å². The van der Waals surface area contributed by atoms with Crippen LogP contribution in [0.1, 0.15) is 58.3 Å². The fourth-order valence-electron chi connectivity index (χ4n) is 4.00. The van der Waals surface area contributed by atoms with Crippen molar-refractivity contribution >= 4 is 6.03 Å². The second-order valence-corrected chi connectivity index (χ2v) is 6.65. The second kappa shape index (κ2) is 5.31. The van der Waals surface area contributed by atoms with Crippen molar-refractivity contribution in [3.05, 3.63) is 0 Å². The number of hydrogen-bond acceptors (Lipinski definition) is 2. The number of ether oxygens (including phenoxy) is 1. The molecule has 0 aromatic carbocycles. The van der Waals surface area contributed by atoms with E-state index in [-0.39, 0.29) is 18.2 Å². The number of carbonyl (C=O) groups is 1. The zero-order valence-corrected chi connectivity index (χ0v) is 11.9. The Morgan fingerprint density at radius 1 is 1.37 bits per heavy atom. The molecule has 2 saturated heterocycles. The Kier molecular flexibility index (Phi) is 3.70. The average molecular weight is 266 g/mol. The van der Waals surface area contributed by atoms with Crippen LogP contribution in [0.4, 0.5) is 4.79 Å². The molecule has 2 bridgehead atoms. The molecule has 2 amide bonds. The fourth-order valence-corrected chi connectivity index (χ4v) is 4.00. The van der Waals surface area contributed by atoms with Crippen LogP contribution in [0, 0.1) is 5.41 Å². The van der Waals surface area contributed by atoms with Crippen molar-refractivity contribution in [2.45, 2.75) is 76.5 Å². The van der Waals surface area contributed by atoms with Crippen LogP contribution in [-0.2, 0) is 4.74 Å². The molecule has 3 aliphatic rings. The van der Waals surface area contributed by atoms with Crippen LogP contribution >= 0.6 is 0 Å². The van der Waals surface area contributed by atoms with Gasteiger partial charge in [0.25, 0.3) is 0 Å². The molecule has 3 fully saturated rings. The second-order valence-electron chi connectivity index (χ2n) is 6.65. The van der Waals surface area contributed by atoms with Crippen molar-refractivity contribution in [3.8, 4) is 0 Å². The molecule has 108 valence electrons. The van der Waals surface area contributed by atoms with E-state index in [0.717, 1.165) is 19.4 Å². The van der Waals surface area contributed by atoms with E-state index in [9.17, 15) is 4.79 Å². The maximum Gasteiger partial charge on any atom is 0.315 e. The number of fused-ring (bicyclic) bond motifs is 2. The van der Waals surface area contributed by atoms with Gasteiger partial charge in [0.05, 0.1) is 18.2 Å². The van der Waals surface area contributed by atoms with Crippen molar-refractivity contribution in [2.75, 3.05) is 6.54 Å². The van der Waals surface area contributed by atoms with Gasteiger partial charge in [-0.1, -0.05) is 19.8 Å². The Morgan fingerprint density at radius 3 is 2.74 bits per heavy atom. The number of nitrogens with one attached hydrogen (secondary N) is 2. The summed E-state index contributed by atoms with van der Waals surface area (Å²) in [5, 5.41) is 6.19. The van der Waals surface area contributed by atoms with Gasteiger partial charge in [-0.15, -0.1) is 0 Å². The van der Waals surface area contributed by atoms with Gasteiger partial charge in [0.2, 0.25) is 0 Å². The fraction of sp³-hybridized carbons (Fsp3) is 0.933. The summed E-state index contributed by atoms with van der Waals surface area (Å²) in [6.45, 7) is 3.07. The predicted octanol–water partition coefficient (Wildman–Crippen LogP) is 2.58. The van der Waals surface area contributed by atoms with E-state index < -0.39 is 0 Å². The van der Waals surface area contributed by atoms with Gasteiger partial charge in [0.1, 0.15) is 0 Å². The molecular weight excluding hydrogens is 240 g/mol. The molecule has 0 spiro atoms. The van der Waals surface area contributed by atoms with E-state index in [1.165, 1.54) is 38.5 Å². The van der Waals surface area contributed by atoms with Crippen LogP contribution < -0.4 is 10.6 Å². The highest BCUT2D eigenvalue weighted by molar-refractivity contribution is 5.74. The lowest BCUT2D eigenvalue weighted by Gasteiger charge is -2.42. The largest absolute Gasteiger partial charge is 0.373 e. The van der Waals surface area contributed by atoms with Crippen LogP contribution in [0.15, 0.2) is 0 Å². The molecule has 2 heterocycles. The zero-order chi connectivity index (χ0) is 13.3. The Morgan fingerprint density at radius 2 is 2.21 bits per heavy atom. The molecule has 3 atom stereocenters. The maximum atomic E-state index is 12.0. The lowest BCUT2D eigenvalue weighted by molar-refractivity contribution is 0.0971. The summed E-state index contributed by atoms with van der Waals surface area (Å²) in [7, 11) is 0. The van der Waals surface area contributed by atoms with Gasteiger partial charge in [-0.2, -0.15) is 0 Å². The first-order chi connectivity index (χ1) is 9.21. The van der Waals surface area contributed by atoms with Gasteiger partial charge in [0, 0.05) is 6.54 Å². The average Bonchev–Trinajstić information content (AvgIpc) is 2.94. The van der Waals surface area contributed by atoms with Crippen LogP contribution in [0.5, 0.6) is 0 Å². The quantitative estimate of drug-likeness (QED) is 0.803. The Labute approximate surface area is 115 Å². The first-order valence-electron chi connectivity index (χ1n) is 7.91. The zero-order valence-electron chi connectivity index (χ0n) is 11.9. The molecule has 2 aliphatic heterocycles. The third kappa shape index (κ3) is 2.73. The molecule has 2 N–H and O–H groups in total. The molecular formula is C15H26N2O2. The van der Waals surface area contributed by atoms with E-state index in [1.807, 2.05) is 0 Å². The smallest absolute Gasteiger partial charge is 0.315 e. The van der Waals surface area contributed by atoms with Crippen molar-refractivity contribution in [1.82, 2.24) is 10.6 Å². The van der Waals surface area contributed by atoms with Crippen molar-refractivity contribution in [3.63, 3.8) is 0 Å². The summed E-state index contributed by atoms with van der Waals surface area (Å²) in [6, 6.07) is 0.241. The van der Waals surface area contributed by atoms with Gasteiger partial charge in [-0.05, 0) is 43.9 Å². The normalized spacial score (nSPS) is 34.9. The number of hydrogen-bond donors (Lipinski definition) is 2. The van der Waals surface area contributed by atoms with Gasteiger partial charge in [-0.25, -0.2) is 4.79 Å². The molecule has 0 aromatic heterocycles. The highest BCUT2D eigenvalue weighted by Crippen LogP contribution is 2.44. The minimum absolute atomic E-state index is 0.00327. The highest BCUT2D eigenvalue weighted by Gasteiger charge is 2.42. The van der Waals surface area contributed by atoms with Crippen LogP contribution in [-0.4, -0.2) is 30.8 Å². The lowest BCUT2D eigenvalue weighted by atomic mass is 9.66. The maximum absolute atomic E-state index is 12.0. The molecule has 1 aliphatic carbocycles. The number of rotatable bonds is 5. The molecule has 0 radical (unpaired) electrons. The van der Waals surface area contributed by atoms with Crippen LogP contribution in [0.2, 0.25) is 0 Å². The SMILES string of the molecule is CCCC1(CNC(=O)N[C@H]2C[C@H]3CC[C@H]2O3)CCC1. The topological polar surface area (TPSA) is 50.4 Å². The third-order valence-corrected chi connectivity index (χ3v) is 5.24. The van der Waals surface area contributed by atoms with E-state index >= 15 is 0 Å². The summed E-state index contributed by atoms with van der Waals surface area (Å²) < 4.78 is 5.76. The molecule has 1 saturated carbocycles. The Hall–Kier alpha value is -0.770. The molecule has 4 heteroatoms. The predicted molar refractivity (Wildman–Crippen MR) is 74.0 cm³/mol. The summed E-state index contributed by atoms with van der Waals surface area (Å²) in [5.74, 6) is 0. The Balaban J connectivity index is 1.41. The number of urea groups is 1. The molecule has 19 heavy (non-hydrogen) atoms.